The number of esters is 2. The zero-order chi connectivity index (χ0) is 34.2. The summed E-state index contributed by atoms with van der Waals surface area (Å²) in [5.74, 6) is 0.166. The highest BCUT2D eigenvalue weighted by molar-refractivity contribution is 5.92. The van der Waals surface area contributed by atoms with E-state index >= 15 is 0 Å². The molecule has 0 aliphatic heterocycles. The third-order valence-electron chi connectivity index (χ3n) is 8.53. The molecule has 3 aromatic rings. The van der Waals surface area contributed by atoms with Crippen LogP contribution in [0.4, 0.5) is 0 Å². The molecule has 0 amide bonds. The van der Waals surface area contributed by atoms with Gasteiger partial charge in [-0.2, -0.15) is 0 Å². The summed E-state index contributed by atoms with van der Waals surface area (Å²) in [6.07, 6.45) is 19.2. The molecule has 3 aromatic carbocycles. The molecular formula is C42H58O6. The molecule has 0 N–H and O–H groups in total. The molecule has 1 unspecified atom stereocenters. The average Bonchev–Trinajstić information content (AvgIpc) is 3.11. The molecule has 0 saturated heterocycles. The lowest BCUT2D eigenvalue weighted by molar-refractivity contribution is -0.146. The molecule has 0 radical (unpaired) electrons. The fourth-order valence-corrected chi connectivity index (χ4v) is 5.50. The minimum atomic E-state index is -0.720. The van der Waals surface area contributed by atoms with Crippen molar-refractivity contribution in [1.82, 2.24) is 0 Å². The fourth-order valence-electron chi connectivity index (χ4n) is 5.50. The predicted molar refractivity (Wildman–Crippen MR) is 195 cm³/mol. The summed E-state index contributed by atoms with van der Waals surface area (Å²) >= 11 is 0. The molecule has 0 aliphatic rings. The van der Waals surface area contributed by atoms with Crippen molar-refractivity contribution in [2.75, 3.05) is 13.2 Å². The van der Waals surface area contributed by atoms with Crippen molar-refractivity contribution < 1.29 is 28.5 Å². The quantitative estimate of drug-likeness (QED) is 0.0512. The lowest BCUT2D eigenvalue weighted by Crippen LogP contribution is -2.26. The Morgan fingerprint density at radius 1 is 0.542 bits per heavy atom. The molecule has 6 heteroatoms. The van der Waals surface area contributed by atoms with Crippen LogP contribution < -0.4 is 14.2 Å². The maximum atomic E-state index is 13.0. The van der Waals surface area contributed by atoms with Gasteiger partial charge in [-0.3, -0.25) is 0 Å². The smallest absolute Gasteiger partial charge is 0.343 e. The van der Waals surface area contributed by atoms with Crippen molar-refractivity contribution in [2.45, 2.75) is 130 Å². The van der Waals surface area contributed by atoms with Gasteiger partial charge in [-0.05, 0) is 67.3 Å². The normalized spacial score (nSPS) is 11.6. The molecule has 0 fully saturated rings. The number of benzene rings is 3. The van der Waals surface area contributed by atoms with Crippen LogP contribution >= 0.6 is 0 Å². The van der Waals surface area contributed by atoms with E-state index in [0.717, 1.165) is 42.7 Å². The van der Waals surface area contributed by atoms with Gasteiger partial charge in [0, 0.05) is 6.61 Å². The minimum absolute atomic E-state index is 0.177. The lowest BCUT2D eigenvalue weighted by atomic mass is 10.0. The SMILES string of the molecule is CCCCCCCCCCCCOc1ccc(-c2ccc(C(=O)Oc3ccccc3OC(=O)C(C)OCCCCCCCC)cc2)cc1. The van der Waals surface area contributed by atoms with Crippen molar-refractivity contribution in [3.63, 3.8) is 0 Å². The van der Waals surface area contributed by atoms with Crippen LogP contribution in [0, 0.1) is 0 Å². The number of carbonyl (C=O) groups is 2. The maximum Gasteiger partial charge on any atom is 0.343 e. The van der Waals surface area contributed by atoms with Crippen LogP contribution in [0.5, 0.6) is 17.2 Å². The van der Waals surface area contributed by atoms with Crippen LogP contribution in [0.3, 0.4) is 0 Å². The van der Waals surface area contributed by atoms with Crippen LogP contribution in [0.25, 0.3) is 11.1 Å². The number of para-hydroxylation sites is 2. The largest absolute Gasteiger partial charge is 0.494 e. The van der Waals surface area contributed by atoms with Crippen LogP contribution in [-0.2, 0) is 9.53 Å². The molecule has 6 nitrogen and oxygen atoms in total. The Kier molecular flexibility index (Phi) is 19.1. The topological polar surface area (TPSA) is 71.1 Å². The summed E-state index contributed by atoms with van der Waals surface area (Å²) in [7, 11) is 0. The first-order valence-electron chi connectivity index (χ1n) is 18.5. The third kappa shape index (κ3) is 15.1. The van der Waals surface area contributed by atoms with E-state index in [1.807, 2.05) is 36.4 Å². The summed E-state index contributed by atoms with van der Waals surface area (Å²) in [4.78, 5) is 25.7. The Balaban J connectivity index is 1.40. The van der Waals surface area contributed by atoms with E-state index in [1.54, 1.807) is 43.3 Å². The van der Waals surface area contributed by atoms with Gasteiger partial charge < -0.3 is 18.9 Å². The van der Waals surface area contributed by atoms with Gasteiger partial charge in [-0.15, -0.1) is 0 Å². The number of carbonyl (C=O) groups excluding carboxylic acids is 2. The third-order valence-corrected chi connectivity index (χ3v) is 8.53. The van der Waals surface area contributed by atoms with Gasteiger partial charge in [-0.25, -0.2) is 9.59 Å². The maximum absolute atomic E-state index is 13.0. The van der Waals surface area contributed by atoms with Crippen molar-refractivity contribution in [3.05, 3.63) is 78.4 Å². The van der Waals surface area contributed by atoms with Gasteiger partial charge in [0.2, 0.25) is 0 Å². The van der Waals surface area contributed by atoms with Crippen LogP contribution in [0.2, 0.25) is 0 Å². The first kappa shape index (κ1) is 38.8. The van der Waals surface area contributed by atoms with Crippen molar-refractivity contribution in [2.24, 2.45) is 0 Å². The number of hydrogen-bond acceptors (Lipinski definition) is 6. The van der Waals surface area contributed by atoms with E-state index in [4.69, 9.17) is 18.9 Å². The molecule has 0 aliphatic carbocycles. The Morgan fingerprint density at radius 3 is 1.54 bits per heavy atom. The predicted octanol–water partition coefficient (Wildman–Crippen LogP) is 11.5. The van der Waals surface area contributed by atoms with Crippen LogP contribution in [0.15, 0.2) is 72.8 Å². The monoisotopic (exact) mass is 658 g/mol. The molecule has 0 spiro atoms. The molecular weight excluding hydrogens is 600 g/mol. The molecule has 3 rings (SSSR count). The highest BCUT2D eigenvalue weighted by atomic mass is 16.6. The number of hydrogen-bond donors (Lipinski definition) is 0. The molecule has 262 valence electrons. The summed E-state index contributed by atoms with van der Waals surface area (Å²) in [6, 6.07) is 22.0. The Bertz CT molecular complexity index is 1300. The first-order valence-corrected chi connectivity index (χ1v) is 18.5. The summed E-state index contributed by atoms with van der Waals surface area (Å²) in [5, 5.41) is 0. The van der Waals surface area contributed by atoms with Crippen LogP contribution in [0.1, 0.15) is 134 Å². The number of rotatable bonds is 25. The van der Waals surface area contributed by atoms with Crippen molar-refractivity contribution in [3.8, 4) is 28.4 Å². The van der Waals surface area contributed by atoms with Gasteiger partial charge in [0.25, 0.3) is 0 Å². The second-order valence-electron chi connectivity index (χ2n) is 12.7. The summed E-state index contributed by atoms with van der Waals surface area (Å²) in [5.41, 5.74) is 2.41. The van der Waals surface area contributed by atoms with Crippen LogP contribution in [-0.4, -0.2) is 31.3 Å². The van der Waals surface area contributed by atoms with E-state index in [2.05, 4.69) is 13.8 Å². The summed E-state index contributed by atoms with van der Waals surface area (Å²) < 4.78 is 22.8. The van der Waals surface area contributed by atoms with E-state index < -0.39 is 18.0 Å². The standard InChI is InChI=1S/C42H58O6/c1-4-6-8-10-12-13-14-15-17-21-33-46-38-30-28-36(29-31-38)35-24-26-37(27-25-35)42(44)48-40-23-19-18-22-39(40)47-41(43)34(3)45-32-20-16-11-9-7-5-2/h18-19,22-31,34H,4-17,20-21,32-33H2,1-3H3. The Labute approximate surface area is 289 Å². The van der Waals surface area contributed by atoms with Gasteiger partial charge in [0.1, 0.15) is 5.75 Å². The number of ether oxygens (including phenoxy) is 4. The highest BCUT2D eigenvalue weighted by Gasteiger charge is 2.19. The molecule has 0 heterocycles. The fraction of sp³-hybridized carbons (Fsp3) is 0.524. The summed E-state index contributed by atoms with van der Waals surface area (Å²) in [6.45, 7) is 7.38. The Hall–Kier alpha value is -3.64. The molecule has 0 aromatic heterocycles. The van der Waals surface area contributed by atoms with Crippen molar-refractivity contribution >= 4 is 11.9 Å². The second-order valence-corrected chi connectivity index (χ2v) is 12.7. The lowest BCUT2D eigenvalue weighted by Gasteiger charge is -2.14. The second kappa shape index (κ2) is 23.6. The van der Waals surface area contributed by atoms with E-state index in [0.29, 0.717) is 12.2 Å². The van der Waals surface area contributed by atoms with Gasteiger partial charge >= 0.3 is 11.9 Å². The van der Waals surface area contributed by atoms with E-state index in [9.17, 15) is 9.59 Å². The molecule has 1 atom stereocenters. The number of unbranched alkanes of at least 4 members (excludes halogenated alkanes) is 14. The van der Waals surface area contributed by atoms with E-state index in [1.165, 1.54) is 83.5 Å². The first-order chi connectivity index (χ1) is 23.5. The van der Waals surface area contributed by atoms with E-state index in [-0.39, 0.29) is 11.5 Å². The average molecular weight is 659 g/mol. The Morgan fingerprint density at radius 2 is 1.00 bits per heavy atom. The molecule has 48 heavy (non-hydrogen) atoms. The van der Waals surface area contributed by atoms with Gasteiger partial charge in [0.15, 0.2) is 17.6 Å². The zero-order valence-corrected chi connectivity index (χ0v) is 29.7. The minimum Gasteiger partial charge on any atom is -0.494 e. The van der Waals surface area contributed by atoms with Crippen molar-refractivity contribution in [1.29, 1.82) is 0 Å². The zero-order valence-electron chi connectivity index (χ0n) is 29.7. The highest BCUT2D eigenvalue weighted by Crippen LogP contribution is 2.29. The molecule has 0 bridgehead atoms. The van der Waals surface area contributed by atoms with Gasteiger partial charge in [-0.1, -0.05) is 140 Å². The molecule has 0 saturated carbocycles. The van der Waals surface area contributed by atoms with Gasteiger partial charge in [0.05, 0.1) is 12.2 Å².